The Balaban J connectivity index is 1.40. The summed E-state index contributed by atoms with van der Waals surface area (Å²) < 4.78 is 34.0. The highest BCUT2D eigenvalue weighted by Crippen LogP contribution is 2.27. The minimum absolute atomic E-state index is 0.0993. The molecular weight excluding hydrogens is 426 g/mol. The smallest absolute Gasteiger partial charge is 0.253 e. The number of aromatic nitrogens is 1. The minimum Gasteiger partial charge on any atom is -0.476 e. The number of likely N-dealkylation sites (tertiary alicyclic amines) is 1. The van der Waals surface area contributed by atoms with E-state index in [0.29, 0.717) is 37.7 Å². The zero-order chi connectivity index (χ0) is 22.4. The number of carbonyl (C=O) groups excluding carboxylic acids is 1. The van der Waals surface area contributed by atoms with Crippen molar-refractivity contribution < 1.29 is 18.3 Å². The van der Waals surface area contributed by atoms with Crippen LogP contribution in [0.2, 0.25) is 5.02 Å². The lowest BCUT2D eigenvalue weighted by atomic mass is 9.93. The van der Waals surface area contributed by atoms with Gasteiger partial charge in [-0.15, -0.1) is 0 Å². The van der Waals surface area contributed by atoms with Crippen molar-refractivity contribution >= 4 is 23.3 Å². The number of nitrogens with zero attached hydrogens (tertiary/aromatic N) is 3. The fourth-order valence-electron chi connectivity index (χ4n) is 3.37. The average molecular weight is 453 g/mol. The molecule has 1 fully saturated rings. The molecule has 0 spiro atoms. The minimum atomic E-state index is -1.39. The molecule has 31 heavy (non-hydrogen) atoms. The Morgan fingerprint density at radius 3 is 2.71 bits per heavy atom. The van der Waals surface area contributed by atoms with Crippen LogP contribution >= 0.6 is 11.6 Å². The maximum atomic E-state index is 15.1. The van der Waals surface area contributed by atoms with E-state index in [1.807, 2.05) is 31.1 Å². The Morgan fingerprint density at radius 1 is 1.29 bits per heavy atom. The number of amides is 1. The second kappa shape index (κ2) is 10.2. The lowest BCUT2D eigenvalue weighted by molar-refractivity contribution is 0.0433. The van der Waals surface area contributed by atoms with Gasteiger partial charge in [-0.2, -0.15) is 4.98 Å². The Bertz CT molecular complexity index is 905. The van der Waals surface area contributed by atoms with Crippen molar-refractivity contribution in [1.82, 2.24) is 15.2 Å². The molecule has 9 heteroatoms. The van der Waals surface area contributed by atoms with E-state index in [2.05, 4.69) is 10.3 Å². The molecule has 0 saturated carbocycles. The van der Waals surface area contributed by atoms with Gasteiger partial charge in [-0.25, -0.2) is 8.78 Å². The first-order chi connectivity index (χ1) is 14.8. The van der Waals surface area contributed by atoms with Crippen LogP contribution in [0.4, 0.5) is 14.6 Å². The molecule has 0 bridgehead atoms. The van der Waals surface area contributed by atoms with Crippen molar-refractivity contribution in [2.45, 2.75) is 18.5 Å². The first kappa shape index (κ1) is 23.2. The predicted octanol–water partition coefficient (Wildman–Crippen LogP) is 3.55. The van der Waals surface area contributed by atoms with E-state index < -0.39 is 11.5 Å². The van der Waals surface area contributed by atoms with E-state index in [-0.39, 0.29) is 30.3 Å². The number of pyridine rings is 1. The van der Waals surface area contributed by atoms with E-state index in [9.17, 15) is 9.18 Å². The van der Waals surface area contributed by atoms with E-state index in [1.54, 1.807) is 11.0 Å². The van der Waals surface area contributed by atoms with E-state index in [1.165, 1.54) is 12.1 Å². The second-order valence-corrected chi connectivity index (χ2v) is 8.23. The van der Waals surface area contributed by atoms with Gasteiger partial charge in [0.1, 0.15) is 23.9 Å². The predicted molar refractivity (Wildman–Crippen MR) is 117 cm³/mol. The van der Waals surface area contributed by atoms with E-state index in [4.69, 9.17) is 16.3 Å². The van der Waals surface area contributed by atoms with Gasteiger partial charge < -0.3 is 19.9 Å². The summed E-state index contributed by atoms with van der Waals surface area (Å²) in [6.07, 6.45) is 0.460. The number of alkyl halides is 1. The molecule has 2 aromatic rings. The summed E-state index contributed by atoms with van der Waals surface area (Å²) in [5, 5.41) is 2.99. The molecule has 1 saturated heterocycles. The molecule has 168 valence electrons. The quantitative estimate of drug-likeness (QED) is 0.621. The summed E-state index contributed by atoms with van der Waals surface area (Å²) in [7, 11) is 3.81. The monoisotopic (exact) mass is 452 g/mol. The van der Waals surface area contributed by atoms with Crippen LogP contribution in [-0.4, -0.2) is 68.3 Å². The maximum Gasteiger partial charge on any atom is 0.253 e. The normalized spacial score (nSPS) is 15.6. The van der Waals surface area contributed by atoms with Crippen LogP contribution in [0.5, 0.6) is 5.88 Å². The van der Waals surface area contributed by atoms with Gasteiger partial charge in [0.25, 0.3) is 5.91 Å². The number of rotatable bonds is 8. The lowest BCUT2D eigenvalue weighted by Crippen LogP contribution is -2.49. The maximum absolute atomic E-state index is 15.1. The molecule has 3 rings (SSSR count). The SMILES string of the molecule is CN(C)c1cccc(OCCNCC2(F)CCN(C(=O)c3ccc(F)c(Cl)c3)CC2)n1. The molecule has 2 heterocycles. The van der Waals surface area contributed by atoms with Crippen molar-refractivity contribution in [1.29, 1.82) is 0 Å². The Labute approximate surface area is 186 Å². The Kier molecular flexibility index (Phi) is 7.67. The fourth-order valence-corrected chi connectivity index (χ4v) is 3.55. The zero-order valence-corrected chi connectivity index (χ0v) is 18.5. The number of hydrogen-bond acceptors (Lipinski definition) is 5. The third-order valence-electron chi connectivity index (χ3n) is 5.25. The third kappa shape index (κ3) is 6.27. The first-order valence-corrected chi connectivity index (χ1v) is 10.6. The molecule has 1 N–H and O–H groups in total. The highest BCUT2D eigenvalue weighted by atomic mass is 35.5. The highest BCUT2D eigenvalue weighted by molar-refractivity contribution is 6.31. The molecule has 1 aliphatic heterocycles. The Morgan fingerprint density at radius 2 is 2.03 bits per heavy atom. The third-order valence-corrected chi connectivity index (χ3v) is 5.54. The van der Waals surface area contributed by atoms with Crippen LogP contribution in [0, 0.1) is 5.82 Å². The molecule has 1 aliphatic rings. The summed E-state index contributed by atoms with van der Waals surface area (Å²) in [5.74, 6) is 0.488. The van der Waals surface area contributed by atoms with E-state index in [0.717, 1.165) is 11.9 Å². The molecule has 0 radical (unpaired) electrons. The van der Waals surface area contributed by atoms with Gasteiger partial charge in [-0.1, -0.05) is 17.7 Å². The van der Waals surface area contributed by atoms with Crippen LogP contribution in [0.25, 0.3) is 0 Å². The van der Waals surface area contributed by atoms with Crippen molar-refractivity contribution in [3.05, 3.63) is 52.8 Å². The highest BCUT2D eigenvalue weighted by Gasteiger charge is 2.35. The first-order valence-electron chi connectivity index (χ1n) is 10.2. The van der Waals surface area contributed by atoms with Gasteiger partial charge in [-0.3, -0.25) is 4.79 Å². The van der Waals surface area contributed by atoms with Crippen LogP contribution in [-0.2, 0) is 0 Å². The van der Waals surface area contributed by atoms with Crippen molar-refractivity contribution in [2.75, 3.05) is 51.8 Å². The molecule has 0 aliphatic carbocycles. The van der Waals surface area contributed by atoms with Gasteiger partial charge >= 0.3 is 0 Å². The van der Waals surface area contributed by atoms with Crippen molar-refractivity contribution in [2.24, 2.45) is 0 Å². The van der Waals surface area contributed by atoms with Crippen LogP contribution in [0.15, 0.2) is 36.4 Å². The van der Waals surface area contributed by atoms with Gasteiger partial charge in [0.2, 0.25) is 5.88 Å². The largest absolute Gasteiger partial charge is 0.476 e. The summed E-state index contributed by atoms with van der Waals surface area (Å²) in [4.78, 5) is 20.4. The number of ether oxygens (including phenoxy) is 1. The fraction of sp³-hybridized carbons (Fsp3) is 0.455. The summed E-state index contributed by atoms with van der Waals surface area (Å²) in [6, 6.07) is 9.41. The zero-order valence-electron chi connectivity index (χ0n) is 17.7. The number of hydrogen-bond donors (Lipinski definition) is 1. The Hall–Kier alpha value is -2.45. The van der Waals surface area contributed by atoms with Crippen LogP contribution < -0.4 is 15.0 Å². The summed E-state index contributed by atoms with van der Waals surface area (Å²) >= 11 is 5.76. The van der Waals surface area contributed by atoms with Gasteiger partial charge in [0.15, 0.2) is 0 Å². The number of halogens is 3. The second-order valence-electron chi connectivity index (χ2n) is 7.83. The van der Waals surface area contributed by atoms with Crippen molar-refractivity contribution in [3.8, 4) is 5.88 Å². The number of nitrogens with one attached hydrogen (secondary N) is 1. The summed E-state index contributed by atoms with van der Waals surface area (Å²) in [5.41, 5.74) is -1.08. The lowest BCUT2D eigenvalue weighted by Gasteiger charge is -2.36. The van der Waals surface area contributed by atoms with Gasteiger partial charge in [-0.05, 0) is 24.3 Å². The van der Waals surface area contributed by atoms with Crippen molar-refractivity contribution in [3.63, 3.8) is 0 Å². The van der Waals surface area contributed by atoms with Crippen LogP contribution in [0.1, 0.15) is 23.2 Å². The molecule has 0 unspecified atom stereocenters. The molecular formula is C22H27ClF2N4O2. The molecule has 1 amide bonds. The number of benzene rings is 1. The van der Waals surface area contributed by atoms with Gasteiger partial charge in [0.05, 0.1) is 5.02 Å². The van der Waals surface area contributed by atoms with Crippen LogP contribution in [0.3, 0.4) is 0 Å². The molecule has 0 atom stereocenters. The van der Waals surface area contributed by atoms with Gasteiger partial charge in [0, 0.05) is 64.7 Å². The number of piperidine rings is 1. The average Bonchev–Trinajstić information content (AvgIpc) is 2.75. The standard InChI is InChI=1S/C22H27ClF2N4O2/c1-28(2)19-4-3-5-20(27-19)31-13-10-26-15-22(25)8-11-29(12-9-22)21(30)16-6-7-18(24)17(23)14-16/h3-7,14,26H,8-13,15H2,1-2H3. The number of carbonyl (C=O) groups is 1. The summed E-state index contributed by atoms with van der Waals surface area (Å²) in [6.45, 7) is 1.63. The molecule has 6 nitrogen and oxygen atoms in total. The topological polar surface area (TPSA) is 57.7 Å². The number of anilines is 1. The van der Waals surface area contributed by atoms with E-state index >= 15 is 4.39 Å². The molecule has 1 aromatic carbocycles. The molecule has 1 aromatic heterocycles.